The van der Waals surface area contributed by atoms with Gasteiger partial charge in [0, 0.05) is 32.5 Å². The number of hydrogen-bond donors (Lipinski definition) is 2. The highest BCUT2D eigenvalue weighted by Crippen LogP contribution is 2.14. The monoisotopic (exact) mass is 475 g/mol. The average Bonchev–Trinajstić information content (AvgIpc) is 2.37. The molecule has 23 heavy (non-hydrogen) atoms. The summed E-state index contributed by atoms with van der Waals surface area (Å²) in [5.74, 6) is 0.542. The summed E-state index contributed by atoms with van der Waals surface area (Å²) in [7, 11) is -1.46. The predicted molar refractivity (Wildman–Crippen MR) is 95.2 cm³/mol. The maximum atomic E-state index is 11.8. The quantitative estimate of drug-likeness (QED) is 0.229. The number of hydrogen-bond acceptors (Lipinski definition) is 4. The molecular weight excluding hydrogens is 450 g/mol. The number of alkyl halides is 3. The molecular formula is C12H25F3IN3O3S. The standard InChI is InChI=1S/C12H24F3N3O3S.HI/c1-10(5-8-22(3,19)20)18-11(16-2)17-6-4-7-21-9-12(13,14)15;/h10H,4-9H2,1-3H3,(H2,16,17,18);1H. The number of nitrogens with one attached hydrogen (secondary N) is 2. The number of guanidine groups is 1. The molecule has 0 saturated carbocycles. The number of sulfone groups is 1. The molecule has 0 aliphatic rings. The molecule has 11 heteroatoms. The van der Waals surface area contributed by atoms with Gasteiger partial charge in [-0.1, -0.05) is 0 Å². The largest absolute Gasteiger partial charge is 0.411 e. The summed E-state index contributed by atoms with van der Waals surface area (Å²) in [6.07, 6.45) is -2.30. The third-order valence-electron chi connectivity index (χ3n) is 2.55. The smallest absolute Gasteiger partial charge is 0.372 e. The van der Waals surface area contributed by atoms with Crippen LogP contribution in [0.5, 0.6) is 0 Å². The van der Waals surface area contributed by atoms with Gasteiger partial charge < -0.3 is 15.4 Å². The zero-order valence-electron chi connectivity index (χ0n) is 13.4. The van der Waals surface area contributed by atoms with E-state index >= 15 is 0 Å². The molecule has 0 fully saturated rings. The van der Waals surface area contributed by atoms with Gasteiger partial charge in [-0.2, -0.15) is 13.2 Å². The number of aliphatic imine (C=N–C) groups is 1. The molecule has 0 spiro atoms. The number of rotatable bonds is 9. The van der Waals surface area contributed by atoms with Crippen LogP contribution in [0.15, 0.2) is 4.99 Å². The molecule has 1 atom stereocenters. The third-order valence-corrected chi connectivity index (χ3v) is 3.53. The second kappa shape index (κ2) is 12.1. The van der Waals surface area contributed by atoms with Crippen molar-refractivity contribution in [3.05, 3.63) is 0 Å². The van der Waals surface area contributed by atoms with E-state index in [1.54, 1.807) is 7.05 Å². The van der Waals surface area contributed by atoms with Gasteiger partial charge in [0.05, 0.1) is 5.75 Å². The van der Waals surface area contributed by atoms with Crippen molar-refractivity contribution in [2.45, 2.75) is 32.0 Å². The van der Waals surface area contributed by atoms with E-state index in [9.17, 15) is 21.6 Å². The lowest BCUT2D eigenvalue weighted by Crippen LogP contribution is -2.43. The van der Waals surface area contributed by atoms with Gasteiger partial charge in [0.1, 0.15) is 16.4 Å². The molecule has 0 heterocycles. The second-order valence-corrected chi connectivity index (χ2v) is 7.24. The number of ether oxygens (including phenoxy) is 1. The van der Waals surface area contributed by atoms with E-state index in [4.69, 9.17) is 0 Å². The van der Waals surface area contributed by atoms with Crippen molar-refractivity contribution in [3.8, 4) is 0 Å². The third kappa shape index (κ3) is 17.9. The van der Waals surface area contributed by atoms with Crippen LogP contribution in [0.3, 0.4) is 0 Å². The van der Waals surface area contributed by atoms with Gasteiger partial charge in [-0.15, -0.1) is 24.0 Å². The summed E-state index contributed by atoms with van der Waals surface area (Å²) < 4.78 is 62.1. The molecule has 0 aliphatic carbocycles. The van der Waals surface area contributed by atoms with Gasteiger partial charge in [-0.25, -0.2) is 8.42 Å². The molecule has 1 unspecified atom stereocenters. The molecule has 0 bridgehead atoms. The fourth-order valence-corrected chi connectivity index (χ4v) is 2.24. The zero-order valence-corrected chi connectivity index (χ0v) is 16.6. The number of nitrogens with zero attached hydrogens (tertiary/aromatic N) is 1. The molecule has 0 aromatic carbocycles. The van der Waals surface area contributed by atoms with Crippen LogP contribution < -0.4 is 10.6 Å². The molecule has 0 saturated heterocycles. The van der Waals surface area contributed by atoms with Crippen molar-refractivity contribution in [1.29, 1.82) is 0 Å². The predicted octanol–water partition coefficient (Wildman–Crippen LogP) is 1.56. The molecule has 140 valence electrons. The van der Waals surface area contributed by atoms with E-state index in [-0.39, 0.29) is 42.4 Å². The van der Waals surface area contributed by atoms with Gasteiger partial charge in [-0.05, 0) is 19.8 Å². The maximum Gasteiger partial charge on any atom is 0.411 e. The Morgan fingerprint density at radius 2 is 1.96 bits per heavy atom. The fourth-order valence-electron chi connectivity index (χ4n) is 1.46. The van der Waals surface area contributed by atoms with E-state index in [0.717, 1.165) is 0 Å². The highest BCUT2D eigenvalue weighted by Gasteiger charge is 2.27. The van der Waals surface area contributed by atoms with Gasteiger partial charge >= 0.3 is 6.18 Å². The van der Waals surface area contributed by atoms with Gasteiger partial charge in [0.2, 0.25) is 0 Å². The highest BCUT2D eigenvalue weighted by atomic mass is 127. The normalized spacial score (nSPS) is 14.1. The molecule has 0 rings (SSSR count). The Bertz CT molecular complexity index is 445. The molecule has 0 amide bonds. The molecule has 0 radical (unpaired) electrons. The summed E-state index contributed by atoms with van der Waals surface area (Å²) in [5.41, 5.74) is 0. The Morgan fingerprint density at radius 1 is 1.35 bits per heavy atom. The molecule has 0 aliphatic heterocycles. The van der Waals surface area contributed by atoms with Crippen LogP contribution >= 0.6 is 24.0 Å². The Hall–Kier alpha value is -0.300. The van der Waals surface area contributed by atoms with Crippen molar-refractivity contribution in [1.82, 2.24) is 10.6 Å². The lowest BCUT2D eigenvalue weighted by Gasteiger charge is -2.17. The first-order valence-corrected chi connectivity index (χ1v) is 8.89. The topological polar surface area (TPSA) is 79.8 Å². The van der Waals surface area contributed by atoms with E-state index in [1.165, 1.54) is 6.26 Å². The first-order valence-electron chi connectivity index (χ1n) is 6.83. The zero-order chi connectivity index (χ0) is 17.2. The lowest BCUT2D eigenvalue weighted by atomic mass is 10.3. The average molecular weight is 475 g/mol. The SMILES string of the molecule is CN=C(NCCCOCC(F)(F)F)NC(C)CCS(C)(=O)=O.I. The Kier molecular flexibility index (Phi) is 13.1. The van der Waals surface area contributed by atoms with Crippen LogP contribution in [-0.2, 0) is 14.6 Å². The summed E-state index contributed by atoms with van der Waals surface area (Å²) in [5, 5.41) is 5.93. The number of halogens is 4. The summed E-state index contributed by atoms with van der Waals surface area (Å²) in [6.45, 7) is 0.969. The summed E-state index contributed by atoms with van der Waals surface area (Å²) >= 11 is 0. The molecule has 2 N–H and O–H groups in total. The van der Waals surface area contributed by atoms with Crippen LogP contribution in [0, 0.1) is 0 Å². The van der Waals surface area contributed by atoms with Crippen LogP contribution in [0.25, 0.3) is 0 Å². The van der Waals surface area contributed by atoms with E-state index in [2.05, 4.69) is 20.4 Å². The minimum atomic E-state index is -4.31. The van der Waals surface area contributed by atoms with Crippen LogP contribution in [-0.4, -0.2) is 65.4 Å². The van der Waals surface area contributed by atoms with Gasteiger partial charge in [0.25, 0.3) is 0 Å². The van der Waals surface area contributed by atoms with Crippen LogP contribution in [0.1, 0.15) is 19.8 Å². The van der Waals surface area contributed by atoms with Crippen molar-refractivity contribution in [2.75, 3.05) is 38.8 Å². The Labute approximate surface area is 152 Å². The van der Waals surface area contributed by atoms with E-state index in [0.29, 0.717) is 25.3 Å². The fraction of sp³-hybridized carbons (Fsp3) is 0.917. The first-order chi connectivity index (χ1) is 10.0. The van der Waals surface area contributed by atoms with Gasteiger partial charge in [0.15, 0.2) is 5.96 Å². The minimum Gasteiger partial charge on any atom is -0.372 e. The van der Waals surface area contributed by atoms with Gasteiger partial charge in [-0.3, -0.25) is 4.99 Å². The molecule has 0 aromatic rings. The summed E-state index contributed by atoms with van der Waals surface area (Å²) in [6, 6.07) is -0.0950. The van der Waals surface area contributed by atoms with Crippen molar-refractivity contribution in [2.24, 2.45) is 4.99 Å². The van der Waals surface area contributed by atoms with Crippen molar-refractivity contribution < 1.29 is 26.3 Å². The maximum absolute atomic E-state index is 11.8. The van der Waals surface area contributed by atoms with Crippen LogP contribution in [0.4, 0.5) is 13.2 Å². The van der Waals surface area contributed by atoms with Crippen LogP contribution in [0.2, 0.25) is 0 Å². The van der Waals surface area contributed by atoms with Crippen molar-refractivity contribution >= 4 is 39.8 Å². The Morgan fingerprint density at radius 3 is 2.43 bits per heavy atom. The Balaban J connectivity index is 0. The van der Waals surface area contributed by atoms with E-state index in [1.807, 2.05) is 6.92 Å². The first kappa shape index (κ1) is 24.9. The minimum absolute atomic E-state index is 0. The molecule has 0 aromatic heterocycles. The lowest BCUT2D eigenvalue weighted by molar-refractivity contribution is -0.173. The highest BCUT2D eigenvalue weighted by molar-refractivity contribution is 14.0. The van der Waals surface area contributed by atoms with E-state index < -0.39 is 22.6 Å². The summed E-state index contributed by atoms with van der Waals surface area (Å²) in [4.78, 5) is 3.95. The van der Waals surface area contributed by atoms with Crippen molar-refractivity contribution in [3.63, 3.8) is 0 Å². The molecule has 6 nitrogen and oxygen atoms in total. The second-order valence-electron chi connectivity index (χ2n) is 4.98.